The van der Waals surface area contributed by atoms with E-state index in [9.17, 15) is 18.0 Å². The van der Waals surface area contributed by atoms with E-state index in [2.05, 4.69) is 4.74 Å². The third-order valence-corrected chi connectivity index (χ3v) is 2.37. The fraction of sp³-hybridized carbons (Fsp3) is 0.0714. The predicted octanol–water partition coefficient (Wildman–Crippen LogP) is 4.08. The summed E-state index contributed by atoms with van der Waals surface area (Å²) >= 11 is 0. The molecule has 4 nitrogen and oxygen atoms in total. The predicted molar refractivity (Wildman–Crippen MR) is 66.6 cm³/mol. The van der Waals surface area contributed by atoms with Gasteiger partial charge in [0.05, 0.1) is 5.56 Å². The molecule has 0 aliphatic carbocycles. The van der Waals surface area contributed by atoms with Crippen LogP contribution in [0.1, 0.15) is 10.4 Å². The quantitative estimate of drug-likeness (QED) is 0.924. The van der Waals surface area contributed by atoms with Crippen LogP contribution in [-0.4, -0.2) is 17.4 Å². The summed E-state index contributed by atoms with van der Waals surface area (Å²) in [5, 5.41) is 8.84. The van der Waals surface area contributed by atoms with Gasteiger partial charge in [0, 0.05) is 0 Å². The van der Waals surface area contributed by atoms with Crippen molar-refractivity contribution in [1.82, 2.24) is 0 Å². The summed E-state index contributed by atoms with van der Waals surface area (Å²) in [6, 6.07) is 10.5. The maximum atomic E-state index is 12.0. The first-order valence-corrected chi connectivity index (χ1v) is 5.70. The molecule has 21 heavy (non-hydrogen) atoms. The van der Waals surface area contributed by atoms with Crippen LogP contribution in [0, 0.1) is 0 Å². The van der Waals surface area contributed by atoms with Crippen LogP contribution in [0.25, 0.3) is 0 Å². The molecule has 2 aromatic carbocycles. The Hall–Kier alpha value is -2.70. The van der Waals surface area contributed by atoms with E-state index < -0.39 is 12.3 Å². The van der Waals surface area contributed by atoms with E-state index >= 15 is 0 Å². The molecule has 0 bridgehead atoms. The van der Waals surface area contributed by atoms with Gasteiger partial charge in [0.25, 0.3) is 0 Å². The second-order valence-electron chi connectivity index (χ2n) is 3.95. The van der Waals surface area contributed by atoms with Crippen molar-refractivity contribution < 1.29 is 32.5 Å². The topological polar surface area (TPSA) is 55.8 Å². The number of carboxylic acids is 1. The number of hydrogen-bond donors (Lipinski definition) is 1. The Morgan fingerprint density at radius 3 is 2.14 bits per heavy atom. The highest BCUT2D eigenvalue weighted by Gasteiger charge is 2.30. The molecule has 2 aromatic rings. The lowest BCUT2D eigenvalue weighted by atomic mass is 10.2. The van der Waals surface area contributed by atoms with E-state index in [1.54, 1.807) is 0 Å². The zero-order valence-corrected chi connectivity index (χ0v) is 10.4. The standard InChI is InChI=1S/C14H9F3O4/c15-14(16,17)21-11-6-4-10(5-7-11)20-12-3-1-2-9(8-12)13(18)19/h1-8H,(H,18,19). The molecule has 0 saturated carbocycles. The number of ether oxygens (including phenoxy) is 2. The number of benzene rings is 2. The maximum absolute atomic E-state index is 12.0. The molecule has 0 atom stereocenters. The van der Waals surface area contributed by atoms with Crippen LogP contribution in [0.15, 0.2) is 48.5 Å². The average molecular weight is 298 g/mol. The summed E-state index contributed by atoms with van der Waals surface area (Å²) in [7, 11) is 0. The smallest absolute Gasteiger partial charge is 0.478 e. The van der Waals surface area contributed by atoms with Crippen molar-refractivity contribution in [3.05, 3.63) is 54.1 Å². The number of carboxylic acid groups (broad SMARTS) is 1. The number of carbonyl (C=O) groups is 1. The lowest BCUT2D eigenvalue weighted by Gasteiger charge is -2.10. The van der Waals surface area contributed by atoms with Crippen molar-refractivity contribution in [2.24, 2.45) is 0 Å². The Kier molecular flexibility index (Phi) is 4.02. The fourth-order valence-corrected chi connectivity index (χ4v) is 1.54. The van der Waals surface area contributed by atoms with Crippen LogP contribution in [0.3, 0.4) is 0 Å². The molecular formula is C14H9F3O4. The molecule has 0 fully saturated rings. The van der Waals surface area contributed by atoms with Gasteiger partial charge < -0.3 is 14.6 Å². The number of halogens is 3. The van der Waals surface area contributed by atoms with Gasteiger partial charge in [0.2, 0.25) is 0 Å². The third-order valence-electron chi connectivity index (χ3n) is 2.37. The van der Waals surface area contributed by atoms with Crippen molar-refractivity contribution in [2.45, 2.75) is 6.36 Å². The van der Waals surface area contributed by atoms with Gasteiger partial charge in [-0.2, -0.15) is 0 Å². The van der Waals surface area contributed by atoms with Crippen LogP contribution >= 0.6 is 0 Å². The Morgan fingerprint density at radius 1 is 0.952 bits per heavy atom. The lowest BCUT2D eigenvalue weighted by molar-refractivity contribution is -0.274. The highest BCUT2D eigenvalue weighted by atomic mass is 19.4. The summed E-state index contributed by atoms with van der Waals surface area (Å²) in [4.78, 5) is 10.8. The zero-order valence-electron chi connectivity index (χ0n) is 10.4. The van der Waals surface area contributed by atoms with E-state index in [1.165, 1.54) is 36.4 Å². The van der Waals surface area contributed by atoms with Crippen LogP contribution in [0.5, 0.6) is 17.2 Å². The molecular weight excluding hydrogens is 289 g/mol. The van der Waals surface area contributed by atoms with Gasteiger partial charge in [-0.25, -0.2) is 4.79 Å². The van der Waals surface area contributed by atoms with Gasteiger partial charge in [-0.05, 0) is 42.5 Å². The molecule has 0 radical (unpaired) electrons. The van der Waals surface area contributed by atoms with E-state index in [1.807, 2.05) is 0 Å². The molecule has 0 amide bonds. The van der Waals surface area contributed by atoms with E-state index in [-0.39, 0.29) is 22.8 Å². The summed E-state index contributed by atoms with van der Waals surface area (Å²) < 4.78 is 45.1. The summed E-state index contributed by atoms with van der Waals surface area (Å²) in [6.45, 7) is 0. The van der Waals surface area contributed by atoms with Crippen LogP contribution in [0.4, 0.5) is 13.2 Å². The molecule has 0 saturated heterocycles. The highest BCUT2D eigenvalue weighted by molar-refractivity contribution is 5.88. The average Bonchev–Trinajstić information content (AvgIpc) is 2.40. The molecule has 0 aromatic heterocycles. The van der Waals surface area contributed by atoms with Crippen LogP contribution in [0.2, 0.25) is 0 Å². The van der Waals surface area contributed by atoms with Crippen molar-refractivity contribution in [2.75, 3.05) is 0 Å². The minimum atomic E-state index is -4.75. The van der Waals surface area contributed by atoms with Crippen LogP contribution < -0.4 is 9.47 Å². The SMILES string of the molecule is O=C(O)c1cccc(Oc2ccc(OC(F)(F)F)cc2)c1. The largest absolute Gasteiger partial charge is 0.573 e. The molecule has 0 heterocycles. The summed E-state index contributed by atoms with van der Waals surface area (Å²) in [5.74, 6) is -0.949. The molecule has 0 unspecified atom stereocenters. The van der Waals surface area contributed by atoms with Gasteiger partial charge in [-0.3, -0.25) is 0 Å². The summed E-state index contributed by atoms with van der Waals surface area (Å²) in [5.41, 5.74) is 0.0459. The first kappa shape index (κ1) is 14.7. The second-order valence-corrected chi connectivity index (χ2v) is 3.95. The van der Waals surface area contributed by atoms with E-state index in [4.69, 9.17) is 9.84 Å². The Labute approximate surface area is 117 Å². The number of rotatable bonds is 4. The first-order valence-electron chi connectivity index (χ1n) is 5.70. The molecule has 0 aliphatic rings. The first-order chi connectivity index (χ1) is 9.83. The van der Waals surface area contributed by atoms with E-state index in [0.717, 1.165) is 12.1 Å². The monoisotopic (exact) mass is 298 g/mol. The lowest BCUT2D eigenvalue weighted by Crippen LogP contribution is -2.16. The number of hydrogen-bond acceptors (Lipinski definition) is 3. The van der Waals surface area contributed by atoms with Gasteiger partial charge >= 0.3 is 12.3 Å². The molecule has 2 rings (SSSR count). The zero-order chi connectivity index (χ0) is 15.5. The fourth-order valence-electron chi connectivity index (χ4n) is 1.54. The molecule has 0 aliphatic heterocycles. The van der Waals surface area contributed by atoms with Crippen molar-refractivity contribution in [3.63, 3.8) is 0 Å². The number of alkyl halides is 3. The Balaban J connectivity index is 2.10. The molecule has 1 N–H and O–H groups in total. The third kappa shape index (κ3) is 4.41. The van der Waals surface area contributed by atoms with Crippen molar-refractivity contribution in [3.8, 4) is 17.2 Å². The minimum absolute atomic E-state index is 0.0459. The van der Waals surface area contributed by atoms with Gasteiger partial charge in [0.1, 0.15) is 17.2 Å². The maximum Gasteiger partial charge on any atom is 0.573 e. The minimum Gasteiger partial charge on any atom is -0.478 e. The van der Waals surface area contributed by atoms with Gasteiger partial charge in [0.15, 0.2) is 0 Å². The van der Waals surface area contributed by atoms with Gasteiger partial charge in [-0.15, -0.1) is 13.2 Å². The second kappa shape index (κ2) is 5.74. The Morgan fingerprint density at radius 2 is 1.57 bits per heavy atom. The van der Waals surface area contributed by atoms with Gasteiger partial charge in [-0.1, -0.05) is 6.07 Å². The molecule has 110 valence electrons. The molecule has 0 spiro atoms. The highest BCUT2D eigenvalue weighted by Crippen LogP contribution is 2.27. The van der Waals surface area contributed by atoms with Crippen molar-refractivity contribution >= 4 is 5.97 Å². The Bertz CT molecular complexity index is 635. The van der Waals surface area contributed by atoms with E-state index in [0.29, 0.717) is 0 Å². The normalized spacial score (nSPS) is 11.0. The molecule has 7 heteroatoms. The summed E-state index contributed by atoms with van der Waals surface area (Å²) in [6.07, 6.45) is -4.75. The number of aromatic carboxylic acids is 1. The van der Waals surface area contributed by atoms with Crippen LogP contribution in [-0.2, 0) is 0 Å². The van der Waals surface area contributed by atoms with Crippen molar-refractivity contribution in [1.29, 1.82) is 0 Å².